The van der Waals surface area contributed by atoms with Crippen molar-refractivity contribution in [2.24, 2.45) is 33.3 Å². The lowest BCUT2D eigenvalue weighted by atomic mass is 9.81. The van der Waals surface area contributed by atoms with E-state index < -0.39 is 16.5 Å². The molecule has 8 rings (SSSR count). The van der Waals surface area contributed by atoms with Crippen LogP contribution < -0.4 is 21.3 Å². The van der Waals surface area contributed by atoms with Crippen molar-refractivity contribution in [2.75, 3.05) is 22.9 Å². The van der Waals surface area contributed by atoms with Crippen molar-refractivity contribution in [2.45, 2.75) is 110 Å². The van der Waals surface area contributed by atoms with Crippen LogP contribution in [0.4, 0.5) is 17.2 Å². The molecule has 0 aliphatic carbocycles. The smallest absolute Gasteiger partial charge is 0.340 e. The van der Waals surface area contributed by atoms with Gasteiger partial charge >= 0.3 is 11.8 Å². The van der Waals surface area contributed by atoms with Crippen molar-refractivity contribution in [3.05, 3.63) is 124 Å². The second-order valence-corrected chi connectivity index (χ2v) is 19.5. The van der Waals surface area contributed by atoms with E-state index in [0.29, 0.717) is 38.2 Å². The summed E-state index contributed by atoms with van der Waals surface area (Å²) in [5.41, 5.74) is 17.1. The normalized spacial score (nSPS) is 24.8. The first-order chi connectivity index (χ1) is 30.8. The van der Waals surface area contributed by atoms with Gasteiger partial charge in [0.05, 0.1) is 37.0 Å². The topological polar surface area (TPSA) is 175 Å². The van der Waals surface area contributed by atoms with Gasteiger partial charge in [0.1, 0.15) is 11.4 Å². The van der Waals surface area contributed by atoms with Crippen LogP contribution in [0.3, 0.4) is 0 Å². The fourth-order valence-corrected chi connectivity index (χ4v) is 9.12. The average molecular weight is 876 g/mol. The summed E-state index contributed by atoms with van der Waals surface area (Å²) >= 11 is 0. The summed E-state index contributed by atoms with van der Waals surface area (Å²) in [6.07, 6.45) is 2.91. The van der Waals surface area contributed by atoms with Crippen molar-refractivity contribution >= 4 is 52.7 Å². The number of amides is 4. The molecule has 2 saturated heterocycles. The summed E-state index contributed by atoms with van der Waals surface area (Å²) in [4.78, 5) is 78.4. The molecule has 2 fully saturated rings. The zero-order chi connectivity index (χ0) is 46.4. The molecule has 336 valence electrons. The molecule has 4 aliphatic rings. The Bertz CT molecular complexity index is 2680. The SMILES string of the molecule is CC(C)C1(C)CC(=O)N(Cc2cccc(N3CC(c4cccc(C#[N+]c5ccc(C6(C)CC(=O)N(c7cc(CN8C(=O)CC(C)(C(C)C)N=C8N)ccn7)C6)cc5)c4)CC3=O)c2)C(N)=N1. The first-order valence-electron chi connectivity index (χ1n) is 22.5. The number of benzene rings is 3. The average Bonchev–Trinajstić information content (AvgIpc) is 3.81. The van der Waals surface area contributed by atoms with Crippen LogP contribution in [0.1, 0.15) is 108 Å². The summed E-state index contributed by atoms with van der Waals surface area (Å²) in [7, 11) is 0. The zero-order valence-corrected chi connectivity index (χ0v) is 38.4. The van der Waals surface area contributed by atoms with Gasteiger partial charge in [-0.2, -0.15) is 0 Å². The quantitative estimate of drug-likeness (QED) is 0.169. The van der Waals surface area contributed by atoms with Crippen LogP contribution >= 0.6 is 0 Å². The predicted octanol–water partition coefficient (Wildman–Crippen LogP) is 7.23. The van der Waals surface area contributed by atoms with Gasteiger partial charge in [-0.15, -0.1) is 0 Å². The van der Waals surface area contributed by atoms with E-state index in [2.05, 4.69) is 32.8 Å². The molecule has 4 aromatic rings. The van der Waals surface area contributed by atoms with Crippen molar-refractivity contribution in [3.63, 3.8) is 0 Å². The van der Waals surface area contributed by atoms with Gasteiger partial charge in [-0.25, -0.2) is 15.0 Å². The van der Waals surface area contributed by atoms with Crippen LogP contribution in [0.2, 0.25) is 0 Å². The first kappa shape index (κ1) is 44.7. The van der Waals surface area contributed by atoms with E-state index in [1.807, 2.05) is 131 Å². The third-order valence-electron chi connectivity index (χ3n) is 14.1. The van der Waals surface area contributed by atoms with Crippen molar-refractivity contribution < 1.29 is 19.2 Å². The molecule has 65 heavy (non-hydrogen) atoms. The number of nitrogens with zero attached hydrogens (tertiary/aromatic N) is 8. The number of hydrogen-bond acceptors (Lipinski definition) is 9. The van der Waals surface area contributed by atoms with Crippen LogP contribution in [-0.4, -0.2) is 74.5 Å². The van der Waals surface area contributed by atoms with Gasteiger partial charge in [0.2, 0.25) is 23.6 Å². The molecule has 0 saturated carbocycles. The number of anilines is 2. The maximum atomic E-state index is 13.5. The monoisotopic (exact) mass is 875 g/mol. The van der Waals surface area contributed by atoms with E-state index in [1.54, 1.807) is 11.1 Å². The summed E-state index contributed by atoms with van der Waals surface area (Å²) in [6.45, 7) is 15.6. The van der Waals surface area contributed by atoms with Gasteiger partial charge in [-0.1, -0.05) is 71.0 Å². The minimum Gasteiger partial charge on any atom is -0.369 e. The Balaban J connectivity index is 0.897. The van der Waals surface area contributed by atoms with Crippen LogP contribution in [0.15, 0.2) is 101 Å². The molecule has 4 atom stereocenters. The lowest BCUT2D eigenvalue weighted by Gasteiger charge is -2.37. The second-order valence-electron chi connectivity index (χ2n) is 19.5. The Labute approximate surface area is 381 Å². The maximum absolute atomic E-state index is 13.5. The Hall–Kier alpha value is -6.88. The van der Waals surface area contributed by atoms with Crippen molar-refractivity contribution in [3.8, 4) is 6.07 Å². The molecule has 14 heteroatoms. The van der Waals surface area contributed by atoms with Gasteiger partial charge < -0.3 is 16.4 Å². The summed E-state index contributed by atoms with van der Waals surface area (Å²) in [6, 6.07) is 30.4. The van der Waals surface area contributed by atoms with Gasteiger partial charge in [-0.3, -0.25) is 33.9 Å². The molecule has 1 aromatic heterocycles. The van der Waals surface area contributed by atoms with E-state index >= 15 is 0 Å². The number of carbonyl (C=O) groups excluding carboxylic acids is 4. The minimum absolute atomic E-state index is 0.0204. The third kappa shape index (κ3) is 9.10. The summed E-state index contributed by atoms with van der Waals surface area (Å²) < 4.78 is 0. The molecule has 4 N–H and O–H groups in total. The lowest BCUT2D eigenvalue weighted by molar-refractivity contribution is -0.131. The van der Waals surface area contributed by atoms with E-state index in [-0.39, 0.29) is 72.8 Å². The third-order valence-corrected chi connectivity index (χ3v) is 14.1. The summed E-state index contributed by atoms with van der Waals surface area (Å²) in [5, 5.41) is 0. The highest BCUT2D eigenvalue weighted by Crippen LogP contribution is 2.39. The van der Waals surface area contributed by atoms with E-state index in [0.717, 1.165) is 39.2 Å². The Morgan fingerprint density at radius 1 is 0.708 bits per heavy atom. The van der Waals surface area contributed by atoms with Gasteiger partial charge in [0.25, 0.3) is 0 Å². The molecule has 4 aliphatic heterocycles. The highest BCUT2D eigenvalue weighted by atomic mass is 16.2. The molecule has 4 unspecified atom stereocenters. The lowest BCUT2D eigenvalue weighted by Crippen LogP contribution is -2.51. The predicted molar refractivity (Wildman–Crippen MR) is 254 cm³/mol. The fourth-order valence-electron chi connectivity index (χ4n) is 9.12. The summed E-state index contributed by atoms with van der Waals surface area (Å²) in [5.74, 6) is 1.13. The van der Waals surface area contributed by atoms with Crippen LogP contribution in [0, 0.1) is 17.9 Å². The number of rotatable bonds is 10. The standard InChI is InChI=1S/C51H59N10O4/c1-32(2)50(6)25-45(64)59(47(52)56-50)28-35-11-9-13-41(21-35)58-30-38(23-43(58)62)37-12-8-10-34(20-37)27-55-40-16-14-39(15-17-40)49(5)24-44(63)61(31-49)42-22-36(18-19-54-42)29-60-46(65)26-51(7,33(3)4)57-48(60)53/h8-22,32-33,38H,23-26,28-31H2,1-7H3,(H2,52,56)(H2,53,57)/q+1. The van der Waals surface area contributed by atoms with Crippen LogP contribution in [-0.2, 0) is 37.7 Å². The van der Waals surface area contributed by atoms with Gasteiger partial charge in [0.15, 0.2) is 11.9 Å². The first-order valence-corrected chi connectivity index (χ1v) is 22.5. The molecule has 4 amide bonds. The zero-order valence-electron chi connectivity index (χ0n) is 38.4. The number of pyridine rings is 1. The fraction of sp³-hybridized carbons (Fsp3) is 0.412. The number of aliphatic imine (C=N–C) groups is 2. The molecule has 14 nitrogen and oxygen atoms in total. The molecule has 0 radical (unpaired) electrons. The van der Waals surface area contributed by atoms with Crippen LogP contribution in [0.25, 0.3) is 4.85 Å². The van der Waals surface area contributed by atoms with E-state index in [1.165, 1.54) is 9.80 Å². The largest absolute Gasteiger partial charge is 0.369 e. The number of nitrogens with two attached hydrogens (primary N) is 2. The number of aromatic nitrogens is 1. The number of hydrogen-bond donors (Lipinski definition) is 2. The van der Waals surface area contributed by atoms with Crippen LogP contribution in [0.5, 0.6) is 0 Å². The number of guanidine groups is 2. The Morgan fingerprint density at radius 3 is 1.94 bits per heavy atom. The molecule has 0 spiro atoms. The number of carbonyl (C=O) groups is 4. The molecule has 5 heterocycles. The van der Waals surface area contributed by atoms with E-state index in [9.17, 15) is 19.2 Å². The second kappa shape index (κ2) is 17.3. The van der Waals surface area contributed by atoms with Gasteiger partial charge in [-0.05, 0) is 89.2 Å². The molecule has 0 bridgehead atoms. The highest BCUT2D eigenvalue weighted by Gasteiger charge is 2.43. The highest BCUT2D eigenvalue weighted by molar-refractivity contribution is 6.00. The van der Waals surface area contributed by atoms with E-state index in [4.69, 9.17) is 11.5 Å². The Morgan fingerprint density at radius 2 is 1.32 bits per heavy atom. The molecular weight excluding hydrogens is 817 g/mol. The molecule has 3 aromatic carbocycles. The minimum atomic E-state index is -0.536. The molecular formula is C51H59N10O4+. The Kier molecular flexibility index (Phi) is 11.9. The van der Waals surface area contributed by atoms with Crippen molar-refractivity contribution in [1.82, 2.24) is 14.8 Å². The van der Waals surface area contributed by atoms with Crippen molar-refractivity contribution in [1.29, 1.82) is 0 Å². The maximum Gasteiger partial charge on any atom is 0.340 e. The van der Waals surface area contributed by atoms with Gasteiger partial charge in [0, 0.05) is 61.3 Å².